The molecular formula is C13H13N3O3. The molecule has 6 nitrogen and oxygen atoms in total. The Hall–Kier alpha value is -2.63. The summed E-state index contributed by atoms with van der Waals surface area (Å²) in [5.41, 5.74) is 0.282. The molecular weight excluding hydrogens is 246 g/mol. The van der Waals surface area contributed by atoms with Crippen molar-refractivity contribution in [2.45, 2.75) is 0 Å². The van der Waals surface area contributed by atoms with Gasteiger partial charge in [0.15, 0.2) is 11.4 Å². The van der Waals surface area contributed by atoms with Crippen LogP contribution < -0.4 is 15.6 Å². The van der Waals surface area contributed by atoms with Crippen LogP contribution in [0.3, 0.4) is 0 Å². The number of nitrogens with one attached hydrogen (secondary N) is 1. The fourth-order valence-electron chi connectivity index (χ4n) is 1.63. The van der Waals surface area contributed by atoms with E-state index in [4.69, 9.17) is 4.74 Å². The molecule has 0 aliphatic carbocycles. The van der Waals surface area contributed by atoms with Gasteiger partial charge in [-0.25, -0.2) is 0 Å². The van der Waals surface area contributed by atoms with E-state index >= 15 is 0 Å². The lowest BCUT2D eigenvalue weighted by molar-refractivity contribution is 0.0953. The van der Waals surface area contributed by atoms with Gasteiger partial charge >= 0.3 is 0 Å². The Labute approximate surface area is 109 Å². The summed E-state index contributed by atoms with van der Waals surface area (Å²) < 4.78 is 6.16. The van der Waals surface area contributed by atoms with Gasteiger partial charge in [-0.05, 0) is 12.1 Å². The Kier molecular flexibility index (Phi) is 3.61. The van der Waals surface area contributed by atoms with E-state index in [2.05, 4.69) is 10.4 Å². The van der Waals surface area contributed by atoms with Crippen LogP contribution in [0.4, 0.5) is 0 Å². The minimum Gasteiger partial charge on any atom is -0.494 e. The first-order valence-electron chi connectivity index (χ1n) is 5.63. The van der Waals surface area contributed by atoms with Crippen molar-refractivity contribution in [2.75, 3.05) is 14.2 Å². The van der Waals surface area contributed by atoms with E-state index < -0.39 is 5.91 Å². The van der Waals surface area contributed by atoms with Crippen LogP contribution in [0.25, 0.3) is 5.69 Å². The van der Waals surface area contributed by atoms with E-state index in [1.54, 1.807) is 24.3 Å². The van der Waals surface area contributed by atoms with Gasteiger partial charge in [-0.2, -0.15) is 9.78 Å². The maximum absolute atomic E-state index is 12.0. The van der Waals surface area contributed by atoms with Crippen molar-refractivity contribution in [3.8, 4) is 11.4 Å². The summed E-state index contributed by atoms with van der Waals surface area (Å²) in [4.78, 5) is 23.7. The third-order valence-electron chi connectivity index (χ3n) is 2.56. The molecule has 0 fully saturated rings. The van der Waals surface area contributed by atoms with Gasteiger partial charge in [0.1, 0.15) is 0 Å². The van der Waals surface area contributed by atoms with Crippen LogP contribution in [0.2, 0.25) is 0 Å². The Balaban J connectivity index is 2.64. The average molecular weight is 259 g/mol. The number of aromatic nitrogens is 2. The second-order valence-electron chi connectivity index (χ2n) is 3.73. The van der Waals surface area contributed by atoms with Crippen LogP contribution in [0, 0.1) is 0 Å². The summed E-state index contributed by atoms with van der Waals surface area (Å²) in [7, 11) is 2.87. The molecule has 1 amide bonds. The Bertz CT molecular complexity index is 650. The zero-order valence-corrected chi connectivity index (χ0v) is 10.6. The molecule has 1 aromatic carbocycles. The van der Waals surface area contributed by atoms with Gasteiger partial charge in [-0.3, -0.25) is 9.59 Å². The minimum atomic E-state index is -0.415. The topological polar surface area (TPSA) is 73.2 Å². The normalized spacial score (nSPS) is 10.0. The molecule has 0 atom stereocenters. The molecule has 6 heteroatoms. The predicted octanol–water partition coefficient (Wildman–Crippen LogP) is 0.601. The highest BCUT2D eigenvalue weighted by atomic mass is 16.5. The third kappa shape index (κ3) is 2.47. The summed E-state index contributed by atoms with van der Waals surface area (Å²) in [6.45, 7) is 0. The SMILES string of the molecule is CNC(=O)c1nn(-c2ccccc2)c(=O)cc1OC. The largest absolute Gasteiger partial charge is 0.494 e. The van der Waals surface area contributed by atoms with Crippen molar-refractivity contribution >= 4 is 5.91 Å². The van der Waals surface area contributed by atoms with E-state index in [0.717, 1.165) is 4.68 Å². The Morgan fingerprint density at radius 3 is 2.58 bits per heavy atom. The van der Waals surface area contributed by atoms with E-state index in [-0.39, 0.29) is 17.0 Å². The number of carbonyl (C=O) groups is 1. The fourth-order valence-corrected chi connectivity index (χ4v) is 1.63. The van der Waals surface area contributed by atoms with Crippen molar-refractivity contribution in [3.63, 3.8) is 0 Å². The number of para-hydroxylation sites is 1. The monoisotopic (exact) mass is 259 g/mol. The first-order chi connectivity index (χ1) is 9.17. The summed E-state index contributed by atoms with van der Waals surface area (Å²) in [6, 6.07) is 10.1. The van der Waals surface area contributed by atoms with Crippen molar-refractivity contribution in [2.24, 2.45) is 0 Å². The van der Waals surface area contributed by atoms with Gasteiger partial charge < -0.3 is 10.1 Å². The number of rotatable bonds is 3. The van der Waals surface area contributed by atoms with E-state index in [1.807, 2.05) is 6.07 Å². The summed E-state index contributed by atoms with van der Waals surface area (Å²) in [5.74, 6) is -0.266. The molecule has 1 N–H and O–H groups in total. The molecule has 0 radical (unpaired) electrons. The molecule has 98 valence electrons. The number of benzene rings is 1. The lowest BCUT2D eigenvalue weighted by Crippen LogP contribution is -2.28. The molecule has 0 saturated carbocycles. The first-order valence-corrected chi connectivity index (χ1v) is 5.63. The van der Waals surface area contributed by atoms with Gasteiger partial charge in [0.05, 0.1) is 18.9 Å². The van der Waals surface area contributed by atoms with Crippen LogP contribution in [-0.2, 0) is 0 Å². The average Bonchev–Trinajstić information content (AvgIpc) is 2.47. The van der Waals surface area contributed by atoms with Crippen molar-refractivity contribution < 1.29 is 9.53 Å². The fraction of sp³-hybridized carbons (Fsp3) is 0.154. The molecule has 0 aliphatic heterocycles. The highest BCUT2D eigenvalue weighted by Gasteiger charge is 2.16. The number of methoxy groups -OCH3 is 1. The van der Waals surface area contributed by atoms with Crippen LogP contribution >= 0.6 is 0 Å². The van der Waals surface area contributed by atoms with E-state index in [0.29, 0.717) is 5.69 Å². The molecule has 0 unspecified atom stereocenters. The number of amides is 1. The molecule has 1 heterocycles. The molecule has 19 heavy (non-hydrogen) atoms. The van der Waals surface area contributed by atoms with E-state index in [9.17, 15) is 9.59 Å². The lowest BCUT2D eigenvalue weighted by atomic mass is 10.3. The van der Waals surface area contributed by atoms with Crippen molar-refractivity contribution in [1.82, 2.24) is 15.1 Å². The van der Waals surface area contributed by atoms with Gasteiger partial charge in [0.2, 0.25) is 0 Å². The molecule has 0 spiro atoms. The second kappa shape index (κ2) is 5.34. The molecule has 0 bridgehead atoms. The number of hydrogen-bond acceptors (Lipinski definition) is 4. The van der Waals surface area contributed by atoms with Crippen LogP contribution in [0.5, 0.6) is 5.75 Å². The lowest BCUT2D eigenvalue weighted by Gasteiger charge is -2.09. The smallest absolute Gasteiger partial charge is 0.275 e. The molecule has 1 aromatic heterocycles. The summed E-state index contributed by atoms with van der Waals surface area (Å²) in [6.07, 6.45) is 0. The summed E-state index contributed by atoms with van der Waals surface area (Å²) >= 11 is 0. The Morgan fingerprint density at radius 2 is 2.00 bits per heavy atom. The van der Waals surface area contributed by atoms with Crippen LogP contribution in [0.15, 0.2) is 41.2 Å². The van der Waals surface area contributed by atoms with Gasteiger partial charge in [0.25, 0.3) is 11.5 Å². The maximum atomic E-state index is 12.0. The highest BCUT2D eigenvalue weighted by Crippen LogP contribution is 2.13. The Morgan fingerprint density at radius 1 is 1.32 bits per heavy atom. The standard InChI is InChI=1S/C13H13N3O3/c1-14-13(18)12-10(19-2)8-11(17)16(15-12)9-6-4-3-5-7-9/h3-8H,1-2H3,(H,14,18). The van der Waals surface area contributed by atoms with Crippen molar-refractivity contribution in [1.29, 1.82) is 0 Å². The predicted molar refractivity (Wildman–Crippen MR) is 69.8 cm³/mol. The van der Waals surface area contributed by atoms with E-state index in [1.165, 1.54) is 20.2 Å². The summed E-state index contributed by atoms with van der Waals surface area (Å²) in [5, 5.41) is 6.51. The molecule has 2 aromatic rings. The zero-order valence-electron chi connectivity index (χ0n) is 10.6. The molecule has 0 saturated heterocycles. The molecule has 2 rings (SSSR count). The van der Waals surface area contributed by atoms with Crippen LogP contribution in [-0.4, -0.2) is 29.8 Å². The maximum Gasteiger partial charge on any atom is 0.275 e. The number of ether oxygens (including phenoxy) is 1. The second-order valence-corrected chi connectivity index (χ2v) is 3.73. The van der Waals surface area contributed by atoms with Gasteiger partial charge in [-0.1, -0.05) is 18.2 Å². The zero-order chi connectivity index (χ0) is 13.8. The first kappa shape index (κ1) is 12.8. The van der Waals surface area contributed by atoms with Crippen LogP contribution in [0.1, 0.15) is 10.5 Å². The van der Waals surface area contributed by atoms with Crippen molar-refractivity contribution in [3.05, 3.63) is 52.4 Å². The number of carbonyl (C=O) groups excluding carboxylic acids is 1. The minimum absolute atomic E-state index is 0.0634. The molecule has 0 aliphatic rings. The van der Waals surface area contributed by atoms with Gasteiger partial charge in [0, 0.05) is 7.05 Å². The number of hydrogen-bond donors (Lipinski definition) is 1. The third-order valence-corrected chi connectivity index (χ3v) is 2.56. The quantitative estimate of drug-likeness (QED) is 0.876. The number of nitrogens with zero attached hydrogens (tertiary/aromatic N) is 2. The highest BCUT2D eigenvalue weighted by molar-refractivity contribution is 5.94. The van der Waals surface area contributed by atoms with Gasteiger partial charge in [-0.15, -0.1) is 0 Å².